The Morgan fingerprint density at radius 1 is 1.18 bits per heavy atom. The Balaban J connectivity index is 2.35. The Bertz CT molecular complexity index is 706. The SMILES string of the molecule is COc1ccc(OC)c(C(=O)/C=C/c2c(F)cccc2Cl)c1. The average molecular weight is 321 g/mol. The number of methoxy groups -OCH3 is 2. The minimum Gasteiger partial charge on any atom is -0.497 e. The largest absolute Gasteiger partial charge is 0.497 e. The van der Waals surface area contributed by atoms with Crippen LogP contribution in [0.2, 0.25) is 5.02 Å². The van der Waals surface area contributed by atoms with Crippen molar-refractivity contribution in [3.63, 3.8) is 0 Å². The van der Waals surface area contributed by atoms with Gasteiger partial charge in [0.05, 0.1) is 24.8 Å². The van der Waals surface area contributed by atoms with Crippen LogP contribution >= 0.6 is 11.6 Å². The molecule has 0 aromatic heterocycles. The van der Waals surface area contributed by atoms with Crippen molar-refractivity contribution in [1.29, 1.82) is 0 Å². The molecule has 0 heterocycles. The highest BCUT2D eigenvalue weighted by Gasteiger charge is 2.12. The topological polar surface area (TPSA) is 35.5 Å². The normalized spacial score (nSPS) is 10.7. The van der Waals surface area contributed by atoms with Crippen LogP contribution in [0.1, 0.15) is 15.9 Å². The van der Waals surface area contributed by atoms with Crippen molar-refractivity contribution in [3.05, 3.63) is 64.4 Å². The summed E-state index contributed by atoms with van der Waals surface area (Å²) in [6.45, 7) is 0. The number of ketones is 1. The van der Waals surface area contributed by atoms with E-state index in [1.54, 1.807) is 24.3 Å². The van der Waals surface area contributed by atoms with E-state index < -0.39 is 5.82 Å². The molecule has 0 N–H and O–H groups in total. The van der Waals surface area contributed by atoms with Gasteiger partial charge in [0.1, 0.15) is 17.3 Å². The van der Waals surface area contributed by atoms with E-state index >= 15 is 0 Å². The van der Waals surface area contributed by atoms with Gasteiger partial charge in [0.25, 0.3) is 0 Å². The molecule has 0 spiro atoms. The highest BCUT2D eigenvalue weighted by atomic mass is 35.5. The molecule has 0 aliphatic carbocycles. The van der Waals surface area contributed by atoms with E-state index in [1.165, 1.54) is 38.5 Å². The maximum absolute atomic E-state index is 13.7. The van der Waals surface area contributed by atoms with Crippen molar-refractivity contribution in [3.8, 4) is 11.5 Å². The number of carbonyl (C=O) groups excluding carboxylic acids is 1. The minimum atomic E-state index is -0.492. The highest BCUT2D eigenvalue weighted by molar-refractivity contribution is 6.32. The Hall–Kier alpha value is -2.33. The molecule has 2 aromatic carbocycles. The van der Waals surface area contributed by atoms with Gasteiger partial charge in [-0.2, -0.15) is 0 Å². The molecule has 2 aromatic rings. The monoisotopic (exact) mass is 320 g/mol. The lowest BCUT2D eigenvalue weighted by Gasteiger charge is -2.08. The molecule has 0 fully saturated rings. The van der Waals surface area contributed by atoms with Gasteiger partial charge in [-0.3, -0.25) is 4.79 Å². The maximum atomic E-state index is 13.7. The van der Waals surface area contributed by atoms with E-state index in [-0.39, 0.29) is 16.4 Å². The second-order valence-corrected chi connectivity index (χ2v) is 4.81. The number of allylic oxidation sites excluding steroid dienone is 1. The van der Waals surface area contributed by atoms with Crippen molar-refractivity contribution in [1.82, 2.24) is 0 Å². The van der Waals surface area contributed by atoms with E-state index in [0.717, 1.165) is 0 Å². The molecule has 114 valence electrons. The summed E-state index contributed by atoms with van der Waals surface area (Å²) in [6.07, 6.45) is 2.60. The molecule has 3 nitrogen and oxygen atoms in total. The summed E-state index contributed by atoms with van der Waals surface area (Å²) < 4.78 is 23.9. The molecule has 2 rings (SSSR count). The van der Waals surface area contributed by atoms with Gasteiger partial charge in [-0.15, -0.1) is 0 Å². The third-order valence-corrected chi connectivity index (χ3v) is 3.40. The van der Waals surface area contributed by atoms with E-state index in [1.807, 2.05) is 0 Å². The number of rotatable bonds is 5. The van der Waals surface area contributed by atoms with Crippen LogP contribution in [0, 0.1) is 5.82 Å². The summed E-state index contributed by atoms with van der Waals surface area (Å²) in [5.41, 5.74) is 0.491. The van der Waals surface area contributed by atoms with Crippen LogP contribution in [0.3, 0.4) is 0 Å². The van der Waals surface area contributed by atoms with Gasteiger partial charge >= 0.3 is 0 Å². The summed E-state index contributed by atoms with van der Waals surface area (Å²) in [5, 5.41) is 0.238. The molecule has 22 heavy (non-hydrogen) atoms. The molecule has 0 radical (unpaired) electrons. The predicted octanol–water partition coefficient (Wildman–Crippen LogP) is 4.39. The first kappa shape index (κ1) is 16.0. The van der Waals surface area contributed by atoms with Gasteiger partial charge in [-0.25, -0.2) is 4.39 Å². The first-order valence-electron chi connectivity index (χ1n) is 6.45. The van der Waals surface area contributed by atoms with E-state index in [0.29, 0.717) is 17.1 Å². The lowest BCUT2D eigenvalue weighted by molar-refractivity contribution is 0.104. The Labute approximate surface area is 132 Å². The van der Waals surface area contributed by atoms with E-state index in [4.69, 9.17) is 21.1 Å². The summed E-state index contributed by atoms with van der Waals surface area (Å²) in [5.74, 6) is 0.112. The van der Waals surface area contributed by atoms with Crippen molar-refractivity contribution < 1.29 is 18.7 Å². The standard InChI is InChI=1S/C17H14ClFO3/c1-21-11-6-9-17(22-2)13(10-11)16(20)8-7-12-14(18)4-3-5-15(12)19/h3-10H,1-2H3/b8-7+. The second kappa shape index (κ2) is 7.09. The van der Waals surface area contributed by atoms with Gasteiger partial charge in [0, 0.05) is 5.56 Å². The summed E-state index contributed by atoms with van der Waals surface area (Å²) >= 11 is 5.92. The van der Waals surface area contributed by atoms with Crippen LogP contribution in [0.5, 0.6) is 11.5 Å². The minimum absolute atomic E-state index is 0.166. The Morgan fingerprint density at radius 3 is 2.59 bits per heavy atom. The summed E-state index contributed by atoms with van der Waals surface area (Å²) in [4.78, 5) is 12.3. The molecule has 0 unspecified atom stereocenters. The highest BCUT2D eigenvalue weighted by Crippen LogP contribution is 2.26. The molecule has 5 heteroatoms. The van der Waals surface area contributed by atoms with Crippen LogP contribution in [0.15, 0.2) is 42.5 Å². The van der Waals surface area contributed by atoms with Gasteiger partial charge in [-0.05, 0) is 42.5 Å². The van der Waals surface area contributed by atoms with Gasteiger partial charge < -0.3 is 9.47 Å². The summed E-state index contributed by atoms with van der Waals surface area (Å²) in [7, 11) is 2.97. The Kier molecular flexibility index (Phi) is 5.17. The molecule has 0 aliphatic rings. The lowest BCUT2D eigenvalue weighted by atomic mass is 10.1. The van der Waals surface area contributed by atoms with Crippen molar-refractivity contribution in [2.24, 2.45) is 0 Å². The maximum Gasteiger partial charge on any atom is 0.189 e. The number of benzene rings is 2. The third-order valence-electron chi connectivity index (χ3n) is 3.07. The lowest BCUT2D eigenvalue weighted by Crippen LogP contribution is -2.00. The number of carbonyl (C=O) groups is 1. The van der Waals surface area contributed by atoms with Crippen LogP contribution < -0.4 is 9.47 Å². The molecule has 0 aliphatic heterocycles. The van der Waals surface area contributed by atoms with Gasteiger partial charge in [-0.1, -0.05) is 17.7 Å². The van der Waals surface area contributed by atoms with Gasteiger partial charge in [0.15, 0.2) is 5.78 Å². The molecule has 0 amide bonds. The fourth-order valence-electron chi connectivity index (χ4n) is 1.93. The number of hydrogen-bond acceptors (Lipinski definition) is 3. The van der Waals surface area contributed by atoms with Crippen LogP contribution in [0.25, 0.3) is 6.08 Å². The van der Waals surface area contributed by atoms with Crippen LogP contribution in [-0.2, 0) is 0 Å². The fraction of sp³-hybridized carbons (Fsp3) is 0.118. The number of halogens is 2. The zero-order valence-corrected chi connectivity index (χ0v) is 12.9. The number of ether oxygens (including phenoxy) is 2. The molecule has 0 saturated carbocycles. The van der Waals surface area contributed by atoms with Crippen molar-refractivity contribution in [2.75, 3.05) is 14.2 Å². The van der Waals surface area contributed by atoms with Crippen molar-refractivity contribution >= 4 is 23.5 Å². The molecular weight excluding hydrogens is 307 g/mol. The number of hydrogen-bond donors (Lipinski definition) is 0. The second-order valence-electron chi connectivity index (χ2n) is 4.40. The zero-order valence-electron chi connectivity index (χ0n) is 12.1. The predicted molar refractivity (Wildman–Crippen MR) is 84.3 cm³/mol. The van der Waals surface area contributed by atoms with Crippen molar-refractivity contribution in [2.45, 2.75) is 0 Å². The smallest absolute Gasteiger partial charge is 0.189 e. The van der Waals surface area contributed by atoms with Gasteiger partial charge in [0.2, 0.25) is 0 Å². The molecule has 0 atom stereocenters. The molecular formula is C17H14ClFO3. The Morgan fingerprint density at radius 2 is 1.95 bits per heavy atom. The first-order valence-corrected chi connectivity index (χ1v) is 6.83. The van der Waals surface area contributed by atoms with E-state index in [9.17, 15) is 9.18 Å². The van der Waals surface area contributed by atoms with Crippen LogP contribution in [-0.4, -0.2) is 20.0 Å². The fourth-order valence-corrected chi connectivity index (χ4v) is 2.15. The first-order chi connectivity index (χ1) is 10.6. The quantitative estimate of drug-likeness (QED) is 0.605. The molecule has 0 bridgehead atoms. The summed E-state index contributed by atoms with van der Waals surface area (Å²) in [6, 6.07) is 9.22. The van der Waals surface area contributed by atoms with E-state index in [2.05, 4.69) is 0 Å². The zero-order chi connectivity index (χ0) is 16.1. The van der Waals surface area contributed by atoms with Crippen LogP contribution in [0.4, 0.5) is 4.39 Å². The molecule has 0 saturated heterocycles. The average Bonchev–Trinajstić information content (AvgIpc) is 2.53. The third kappa shape index (κ3) is 3.46.